The number of aryl methyl sites for hydroxylation is 1. The highest BCUT2D eigenvalue weighted by Gasteiger charge is 2.04. The molecule has 1 aromatic rings. The van der Waals surface area contributed by atoms with Crippen LogP contribution >= 0.6 is 15.9 Å². The second-order valence-corrected chi connectivity index (χ2v) is 4.18. The number of hydrogen-bond donors (Lipinski definition) is 0. The van der Waals surface area contributed by atoms with E-state index in [4.69, 9.17) is 0 Å². The van der Waals surface area contributed by atoms with Crippen LogP contribution in [-0.2, 0) is 11.2 Å². The van der Waals surface area contributed by atoms with Crippen molar-refractivity contribution in [1.29, 1.82) is 0 Å². The smallest absolute Gasteiger partial charge is 0.150 e. The lowest BCUT2D eigenvalue weighted by Gasteiger charge is -2.04. The van der Waals surface area contributed by atoms with Crippen LogP contribution in [0.25, 0.3) is 0 Å². The summed E-state index contributed by atoms with van der Waals surface area (Å²) < 4.78 is 0. The molecule has 1 rings (SSSR count). The van der Waals surface area contributed by atoms with E-state index in [9.17, 15) is 9.59 Å². The van der Waals surface area contributed by atoms with Gasteiger partial charge < -0.3 is 4.79 Å². The molecule has 0 aliphatic carbocycles. The lowest BCUT2D eigenvalue weighted by atomic mass is 10.0. The normalized spacial score (nSPS) is 12.1. The third-order valence-corrected chi connectivity index (χ3v) is 2.69. The summed E-state index contributed by atoms with van der Waals surface area (Å²) >= 11 is 3.22. The molecular weight excluding hydrogens is 244 g/mol. The van der Waals surface area contributed by atoms with E-state index < -0.39 is 0 Å². The molecule has 2 nitrogen and oxygen atoms in total. The molecular formula is C11H11BrO2. The first-order valence-electron chi connectivity index (χ1n) is 4.40. The minimum Gasteiger partial charge on any atom is -0.302 e. The van der Waals surface area contributed by atoms with Gasteiger partial charge in [0.05, 0.1) is 4.83 Å². The van der Waals surface area contributed by atoms with Gasteiger partial charge in [0, 0.05) is 5.56 Å². The SMILES string of the molecule is O=Cc1ccccc1CCC(Br)C=O. The van der Waals surface area contributed by atoms with Crippen LogP contribution in [0, 0.1) is 0 Å². The minimum atomic E-state index is -0.123. The number of benzene rings is 1. The number of rotatable bonds is 5. The topological polar surface area (TPSA) is 34.1 Å². The summed E-state index contributed by atoms with van der Waals surface area (Å²) in [5, 5.41) is 0. The van der Waals surface area contributed by atoms with Crippen LogP contribution in [0.1, 0.15) is 22.3 Å². The number of carbonyl (C=O) groups excluding carboxylic acids is 2. The molecule has 14 heavy (non-hydrogen) atoms. The van der Waals surface area contributed by atoms with Gasteiger partial charge in [-0.3, -0.25) is 4.79 Å². The molecule has 0 spiro atoms. The third-order valence-electron chi connectivity index (χ3n) is 2.02. The van der Waals surface area contributed by atoms with Gasteiger partial charge in [0.15, 0.2) is 0 Å². The number of carbonyl (C=O) groups is 2. The summed E-state index contributed by atoms with van der Waals surface area (Å²) in [6, 6.07) is 7.42. The van der Waals surface area contributed by atoms with Crippen molar-refractivity contribution in [2.75, 3.05) is 0 Å². The molecule has 1 atom stereocenters. The molecule has 3 heteroatoms. The van der Waals surface area contributed by atoms with Crippen LogP contribution in [0.4, 0.5) is 0 Å². The number of halogens is 1. The molecule has 0 aliphatic heterocycles. The summed E-state index contributed by atoms with van der Waals surface area (Å²) in [5.74, 6) is 0. The van der Waals surface area contributed by atoms with Crippen molar-refractivity contribution in [3.63, 3.8) is 0 Å². The highest BCUT2D eigenvalue weighted by molar-refractivity contribution is 9.09. The average molecular weight is 255 g/mol. The van der Waals surface area contributed by atoms with Gasteiger partial charge in [-0.15, -0.1) is 0 Å². The molecule has 1 unspecified atom stereocenters. The molecule has 0 fully saturated rings. The van der Waals surface area contributed by atoms with E-state index in [0.717, 1.165) is 24.6 Å². The van der Waals surface area contributed by atoms with Gasteiger partial charge in [0.2, 0.25) is 0 Å². The molecule has 0 heterocycles. The summed E-state index contributed by atoms with van der Waals surface area (Å²) in [6.45, 7) is 0. The van der Waals surface area contributed by atoms with E-state index in [-0.39, 0.29) is 4.83 Å². The average Bonchev–Trinajstić information content (AvgIpc) is 2.26. The second kappa shape index (κ2) is 5.70. The lowest BCUT2D eigenvalue weighted by molar-refractivity contribution is -0.107. The van der Waals surface area contributed by atoms with E-state index >= 15 is 0 Å². The van der Waals surface area contributed by atoms with E-state index in [2.05, 4.69) is 15.9 Å². The highest BCUT2D eigenvalue weighted by atomic mass is 79.9. The van der Waals surface area contributed by atoms with Gasteiger partial charge >= 0.3 is 0 Å². The van der Waals surface area contributed by atoms with Crippen LogP contribution in [0.3, 0.4) is 0 Å². The standard InChI is InChI=1S/C11H11BrO2/c12-11(8-14)6-5-9-3-1-2-4-10(9)7-13/h1-4,7-8,11H,5-6H2. The first-order chi connectivity index (χ1) is 6.77. The molecule has 74 valence electrons. The van der Waals surface area contributed by atoms with E-state index in [1.54, 1.807) is 6.07 Å². The first-order valence-corrected chi connectivity index (χ1v) is 5.32. The monoisotopic (exact) mass is 254 g/mol. The van der Waals surface area contributed by atoms with Crippen molar-refractivity contribution in [2.45, 2.75) is 17.7 Å². The predicted octanol–water partition coefficient (Wildman–Crippen LogP) is 2.39. The van der Waals surface area contributed by atoms with Gasteiger partial charge in [0.1, 0.15) is 12.6 Å². The Balaban J connectivity index is 2.66. The molecule has 0 aromatic heterocycles. The molecule has 0 N–H and O–H groups in total. The third kappa shape index (κ3) is 3.07. The molecule has 0 bridgehead atoms. The Bertz CT molecular complexity index is 323. The van der Waals surface area contributed by atoms with Crippen molar-refractivity contribution in [2.24, 2.45) is 0 Å². The number of aldehydes is 2. The van der Waals surface area contributed by atoms with Gasteiger partial charge in [-0.05, 0) is 18.4 Å². The van der Waals surface area contributed by atoms with E-state index in [1.807, 2.05) is 18.2 Å². The quantitative estimate of drug-likeness (QED) is 0.598. The van der Waals surface area contributed by atoms with Crippen molar-refractivity contribution in [3.05, 3.63) is 35.4 Å². The molecule has 0 radical (unpaired) electrons. The van der Waals surface area contributed by atoms with Crippen LogP contribution in [0.5, 0.6) is 0 Å². The van der Waals surface area contributed by atoms with E-state index in [0.29, 0.717) is 12.0 Å². The van der Waals surface area contributed by atoms with Crippen LogP contribution in [0.15, 0.2) is 24.3 Å². The van der Waals surface area contributed by atoms with Gasteiger partial charge in [0.25, 0.3) is 0 Å². The number of alkyl halides is 1. The van der Waals surface area contributed by atoms with Crippen LogP contribution in [-0.4, -0.2) is 17.4 Å². The zero-order chi connectivity index (χ0) is 10.4. The van der Waals surface area contributed by atoms with Crippen LogP contribution in [0.2, 0.25) is 0 Å². The fourth-order valence-electron chi connectivity index (χ4n) is 1.24. The Morgan fingerprint density at radius 3 is 2.64 bits per heavy atom. The molecule has 0 saturated carbocycles. The van der Waals surface area contributed by atoms with Crippen molar-refractivity contribution >= 4 is 28.5 Å². The number of hydrogen-bond acceptors (Lipinski definition) is 2. The fraction of sp³-hybridized carbons (Fsp3) is 0.273. The minimum absolute atomic E-state index is 0.123. The van der Waals surface area contributed by atoms with Crippen LogP contribution < -0.4 is 0 Å². The molecule has 0 saturated heterocycles. The van der Waals surface area contributed by atoms with Gasteiger partial charge in [-0.1, -0.05) is 40.2 Å². The molecule has 0 amide bonds. The zero-order valence-electron chi connectivity index (χ0n) is 7.65. The Labute approximate surface area is 91.4 Å². The summed E-state index contributed by atoms with van der Waals surface area (Å²) in [7, 11) is 0. The lowest BCUT2D eigenvalue weighted by Crippen LogP contribution is -2.02. The predicted molar refractivity (Wildman–Crippen MR) is 58.9 cm³/mol. The first kappa shape index (κ1) is 11.1. The van der Waals surface area contributed by atoms with E-state index in [1.165, 1.54) is 0 Å². The Hall–Kier alpha value is -0.960. The summed E-state index contributed by atoms with van der Waals surface area (Å²) in [4.78, 5) is 20.9. The van der Waals surface area contributed by atoms with Crippen molar-refractivity contribution < 1.29 is 9.59 Å². The maximum absolute atomic E-state index is 10.7. The summed E-state index contributed by atoms with van der Waals surface area (Å²) in [5.41, 5.74) is 1.70. The maximum atomic E-state index is 10.7. The largest absolute Gasteiger partial charge is 0.302 e. The maximum Gasteiger partial charge on any atom is 0.150 e. The van der Waals surface area contributed by atoms with Crippen molar-refractivity contribution in [1.82, 2.24) is 0 Å². The van der Waals surface area contributed by atoms with Gasteiger partial charge in [-0.2, -0.15) is 0 Å². The summed E-state index contributed by atoms with van der Waals surface area (Å²) in [6.07, 6.45) is 3.17. The van der Waals surface area contributed by atoms with Gasteiger partial charge in [-0.25, -0.2) is 0 Å². The van der Waals surface area contributed by atoms with Crippen molar-refractivity contribution in [3.8, 4) is 0 Å². The zero-order valence-corrected chi connectivity index (χ0v) is 9.24. The second-order valence-electron chi connectivity index (χ2n) is 3.01. The molecule has 1 aromatic carbocycles. The Morgan fingerprint density at radius 2 is 2.00 bits per heavy atom. The molecule has 0 aliphatic rings. The highest BCUT2D eigenvalue weighted by Crippen LogP contribution is 2.12. The Morgan fingerprint density at radius 1 is 1.29 bits per heavy atom. The Kier molecular flexibility index (Phi) is 4.53. The fourth-order valence-corrected chi connectivity index (χ4v) is 1.47.